The first-order chi connectivity index (χ1) is 8.05. The van der Waals surface area contributed by atoms with Crippen LogP contribution in [-0.2, 0) is 9.59 Å². The van der Waals surface area contributed by atoms with Crippen molar-refractivity contribution in [2.75, 3.05) is 6.54 Å². The van der Waals surface area contributed by atoms with Gasteiger partial charge in [0.2, 0.25) is 11.8 Å². The average Bonchev–Trinajstić information content (AvgIpc) is 3.13. The smallest absolute Gasteiger partial charge is 0.246 e. The fraction of sp³-hybridized carbons (Fsp3) is 0.846. The minimum atomic E-state index is -0.598. The van der Waals surface area contributed by atoms with Gasteiger partial charge in [-0.1, -0.05) is 13.8 Å². The molecular weight excluding hydrogens is 216 g/mol. The molecule has 17 heavy (non-hydrogen) atoms. The second-order valence-corrected chi connectivity index (χ2v) is 5.35. The number of rotatable bonds is 4. The summed E-state index contributed by atoms with van der Waals surface area (Å²) in [6.45, 7) is 6.61. The van der Waals surface area contributed by atoms with E-state index in [0.717, 1.165) is 19.3 Å². The molecule has 2 aliphatic rings. The number of carbonyl (C=O) groups is 2. The minimum absolute atomic E-state index is 0.0416. The van der Waals surface area contributed by atoms with Gasteiger partial charge in [0, 0.05) is 6.54 Å². The van der Waals surface area contributed by atoms with Crippen molar-refractivity contribution in [3.63, 3.8) is 0 Å². The van der Waals surface area contributed by atoms with E-state index in [1.54, 1.807) is 0 Å². The number of amides is 2. The van der Waals surface area contributed by atoms with Crippen LogP contribution in [0.4, 0.5) is 0 Å². The summed E-state index contributed by atoms with van der Waals surface area (Å²) >= 11 is 0. The molecule has 4 nitrogen and oxygen atoms in total. The first-order valence-electron chi connectivity index (χ1n) is 6.68. The summed E-state index contributed by atoms with van der Waals surface area (Å²) in [6, 6.07) is -0.319. The van der Waals surface area contributed by atoms with Crippen LogP contribution in [0.25, 0.3) is 0 Å². The highest BCUT2D eigenvalue weighted by atomic mass is 16.2. The second-order valence-electron chi connectivity index (χ2n) is 5.35. The van der Waals surface area contributed by atoms with Gasteiger partial charge in [0.05, 0.1) is 0 Å². The fourth-order valence-corrected chi connectivity index (χ4v) is 2.80. The number of piperazine rings is 1. The van der Waals surface area contributed by atoms with E-state index in [1.807, 2.05) is 25.7 Å². The van der Waals surface area contributed by atoms with E-state index >= 15 is 0 Å². The molecule has 4 heteroatoms. The zero-order chi connectivity index (χ0) is 12.6. The van der Waals surface area contributed by atoms with Crippen LogP contribution in [0.2, 0.25) is 0 Å². The normalized spacial score (nSPS) is 33.8. The third-order valence-corrected chi connectivity index (χ3v) is 4.12. The third-order valence-electron chi connectivity index (χ3n) is 4.12. The monoisotopic (exact) mass is 238 g/mol. The highest BCUT2D eigenvalue weighted by molar-refractivity contribution is 6.00. The minimum Gasteiger partial charge on any atom is -0.342 e. The van der Waals surface area contributed by atoms with E-state index in [-0.39, 0.29) is 17.9 Å². The van der Waals surface area contributed by atoms with Gasteiger partial charge in [-0.05, 0) is 38.5 Å². The van der Waals surface area contributed by atoms with Gasteiger partial charge in [0.15, 0.2) is 0 Å². The maximum Gasteiger partial charge on any atom is 0.246 e. The summed E-state index contributed by atoms with van der Waals surface area (Å²) < 4.78 is 0. The van der Waals surface area contributed by atoms with E-state index in [4.69, 9.17) is 0 Å². The van der Waals surface area contributed by atoms with Gasteiger partial charge >= 0.3 is 0 Å². The van der Waals surface area contributed by atoms with Gasteiger partial charge in [-0.2, -0.15) is 0 Å². The summed E-state index contributed by atoms with van der Waals surface area (Å²) in [5, 5.41) is 2.89. The third kappa shape index (κ3) is 1.83. The van der Waals surface area contributed by atoms with Crippen LogP contribution in [0.5, 0.6) is 0 Å². The van der Waals surface area contributed by atoms with Crippen molar-refractivity contribution in [3.05, 3.63) is 0 Å². The van der Waals surface area contributed by atoms with Crippen LogP contribution in [0, 0.1) is 5.92 Å². The van der Waals surface area contributed by atoms with E-state index in [9.17, 15) is 9.59 Å². The Morgan fingerprint density at radius 1 is 1.35 bits per heavy atom. The number of hydrogen-bond acceptors (Lipinski definition) is 2. The summed E-state index contributed by atoms with van der Waals surface area (Å²) in [5.74, 6) is 0.499. The van der Waals surface area contributed by atoms with Crippen LogP contribution in [0.3, 0.4) is 0 Å². The van der Waals surface area contributed by atoms with Crippen LogP contribution in [0.1, 0.15) is 46.5 Å². The van der Waals surface area contributed by atoms with Crippen LogP contribution in [-0.4, -0.2) is 34.8 Å². The molecule has 0 aromatic rings. The molecule has 1 aliphatic heterocycles. The topological polar surface area (TPSA) is 49.4 Å². The SMILES string of the molecule is CCCN1C(=O)C(CC)NC(=O)C1(C)C1CC1. The molecule has 0 aromatic carbocycles. The molecule has 2 atom stereocenters. The first-order valence-corrected chi connectivity index (χ1v) is 6.68. The molecule has 1 N–H and O–H groups in total. The molecule has 2 amide bonds. The second kappa shape index (κ2) is 4.31. The largest absolute Gasteiger partial charge is 0.342 e. The lowest BCUT2D eigenvalue weighted by Crippen LogP contribution is -2.70. The van der Waals surface area contributed by atoms with Crippen molar-refractivity contribution in [2.24, 2.45) is 5.92 Å². The van der Waals surface area contributed by atoms with Crippen molar-refractivity contribution in [2.45, 2.75) is 58.0 Å². The Kier molecular flexibility index (Phi) is 3.15. The Morgan fingerprint density at radius 2 is 2.00 bits per heavy atom. The van der Waals surface area contributed by atoms with Crippen molar-refractivity contribution in [3.8, 4) is 0 Å². The van der Waals surface area contributed by atoms with Crippen molar-refractivity contribution >= 4 is 11.8 Å². The maximum atomic E-state index is 12.4. The van der Waals surface area contributed by atoms with E-state index in [1.165, 1.54) is 0 Å². The first kappa shape index (κ1) is 12.4. The Labute approximate surface area is 103 Å². The lowest BCUT2D eigenvalue weighted by molar-refractivity contribution is -0.158. The molecule has 0 spiro atoms. The number of hydrogen-bond donors (Lipinski definition) is 1. The molecular formula is C13H22N2O2. The van der Waals surface area contributed by atoms with Crippen LogP contribution in [0.15, 0.2) is 0 Å². The van der Waals surface area contributed by atoms with Gasteiger partial charge in [0.25, 0.3) is 0 Å². The quantitative estimate of drug-likeness (QED) is 0.802. The zero-order valence-corrected chi connectivity index (χ0v) is 11.0. The van der Waals surface area contributed by atoms with Crippen LogP contribution < -0.4 is 5.32 Å². The van der Waals surface area contributed by atoms with Gasteiger partial charge in [0.1, 0.15) is 11.6 Å². The summed E-state index contributed by atoms with van der Waals surface area (Å²) in [4.78, 5) is 26.5. The van der Waals surface area contributed by atoms with E-state index in [0.29, 0.717) is 18.9 Å². The maximum absolute atomic E-state index is 12.4. The van der Waals surface area contributed by atoms with Gasteiger partial charge in [-0.25, -0.2) is 0 Å². The molecule has 0 aromatic heterocycles. The predicted molar refractivity (Wildman–Crippen MR) is 65.4 cm³/mol. The Morgan fingerprint density at radius 3 is 2.47 bits per heavy atom. The van der Waals surface area contributed by atoms with Crippen LogP contribution >= 0.6 is 0 Å². The highest BCUT2D eigenvalue weighted by Gasteiger charge is 2.56. The highest BCUT2D eigenvalue weighted by Crippen LogP contribution is 2.44. The fourth-order valence-electron chi connectivity index (χ4n) is 2.80. The summed E-state index contributed by atoms with van der Waals surface area (Å²) in [5.41, 5.74) is -0.598. The molecule has 1 saturated carbocycles. The molecule has 2 rings (SSSR count). The molecule has 0 bridgehead atoms. The van der Waals surface area contributed by atoms with Crippen molar-refractivity contribution < 1.29 is 9.59 Å². The summed E-state index contributed by atoms with van der Waals surface area (Å²) in [6.07, 6.45) is 3.70. The predicted octanol–water partition coefficient (Wildman–Crippen LogP) is 1.30. The molecule has 2 fully saturated rings. The Bertz CT molecular complexity index is 338. The standard InChI is InChI=1S/C13H22N2O2/c1-4-8-15-11(16)10(5-2)14-12(17)13(15,3)9-6-7-9/h9-10H,4-8H2,1-3H3,(H,14,17). The Hall–Kier alpha value is -1.06. The van der Waals surface area contributed by atoms with Gasteiger partial charge in [-0.3, -0.25) is 9.59 Å². The Balaban J connectivity index is 2.29. The summed E-state index contributed by atoms with van der Waals surface area (Å²) in [7, 11) is 0. The zero-order valence-electron chi connectivity index (χ0n) is 11.0. The molecule has 1 aliphatic carbocycles. The lowest BCUT2D eigenvalue weighted by Gasteiger charge is -2.46. The molecule has 2 unspecified atom stereocenters. The molecule has 1 heterocycles. The number of carbonyl (C=O) groups excluding carboxylic acids is 2. The van der Waals surface area contributed by atoms with E-state index < -0.39 is 5.54 Å². The molecule has 96 valence electrons. The van der Waals surface area contributed by atoms with Gasteiger partial charge < -0.3 is 10.2 Å². The van der Waals surface area contributed by atoms with E-state index in [2.05, 4.69) is 5.32 Å². The average molecular weight is 238 g/mol. The lowest BCUT2D eigenvalue weighted by atomic mass is 9.87. The molecule has 1 saturated heterocycles. The van der Waals surface area contributed by atoms with Crippen molar-refractivity contribution in [1.82, 2.24) is 10.2 Å². The van der Waals surface area contributed by atoms with Gasteiger partial charge in [-0.15, -0.1) is 0 Å². The number of nitrogens with one attached hydrogen (secondary N) is 1. The van der Waals surface area contributed by atoms with Crippen molar-refractivity contribution in [1.29, 1.82) is 0 Å². The molecule has 0 radical (unpaired) electrons. The number of nitrogens with zero attached hydrogens (tertiary/aromatic N) is 1.